The van der Waals surface area contributed by atoms with E-state index in [1.165, 1.54) is 30.4 Å². The van der Waals surface area contributed by atoms with E-state index in [4.69, 9.17) is 0 Å². The first-order valence-corrected chi connectivity index (χ1v) is 8.52. The third kappa shape index (κ3) is 2.97. The minimum absolute atomic E-state index is 0.00602. The Morgan fingerprint density at radius 1 is 1.09 bits per heavy atom. The molecule has 0 bridgehead atoms. The van der Waals surface area contributed by atoms with Crippen LogP contribution in [0.2, 0.25) is 0 Å². The number of carbonyl (C=O) groups is 1. The standard InChI is InChI=1S/C20H27NO/c1-19(2)14-15-9-5-6-10-16(15)17(21-19)13-18(22)20(3)11-7-4-8-12-20/h5-6,9-10,13,21H,4,7-8,11-12,14H2,1-3H3/b17-13-. The lowest BCUT2D eigenvalue weighted by Crippen LogP contribution is -2.44. The number of hydrogen-bond donors (Lipinski definition) is 1. The predicted octanol–water partition coefficient (Wildman–Crippen LogP) is 4.49. The molecule has 2 aliphatic rings. The van der Waals surface area contributed by atoms with Gasteiger partial charge in [-0.05, 0) is 38.7 Å². The minimum atomic E-state index is -0.163. The Labute approximate surface area is 134 Å². The van der Waals surface area contributed by atoms with Crippen LogP contribution in [0, 0.1) is 5.41 Å². The van der Waals surface area contributed by atoms with Crippen molar-refractivity contribution in [3.63, 3.8) is 0 Å². The summed E-state index contributed by atoms with van der Waals surface area (Å²) in [6, 6.07) is 8.44. The second-order valence-corrected chi connectivity index (χ2v) is 7.89. The van der Waals surface area contributed by atoms with E-state index in [9.17, 15) is 4.79 Å². The van der Waals surface area contributed by atoms with Crippen molar-refractivity contribution in [2.45, 2.75) is 64.8 Å². The Bertz CT molecular complexity index is 606. The van der Waals surface area contributed by atoms with Crippen LogP contribution < -0.4 is 5.32 Å². The molecule has 1 aromatic rings. The molecule has 0 unspecified atom stereocenters. The molecule has 1 heterocycles. The van der Waals surface area contributed by atoms with Gasteiger partial charge in [0.25, 0.3) is 0 Å². The van der Waals surface area contributed by atoms with Crippen LogP contribution >= 0.6 is 0 Å². The van der Waals surface area contributed by atoms with Crippen molar-refractivity contribution in [3.8, 4) is 0 Å². The molecule has 1 aliphatic heterocycles. The molecular weight excluding hydrogens is 270 g/mol. The van der Waals surface area contributed by atoms with Gasteiger partial charge in [-0.15, -0.1) is 0 Å². The molecule has 2 heteroatoms. The van der Waals surface area contributed by atoms with E-state index in [1.807, 2.05) is 6.08 Å². The van der Waals surface area contributed by atoms with Gasteiger partial charge in [-0.1, -0.05) is 50.5 Å². The maximum atomic E-state index is 12.9. The van der Waals surface area contributed by atoms with E-state index in [0.29, 0.717) is 5.78 Å². The lowest BCUT2D eigenvalue weighted by Gasteiger charge is -2.36. The maximum absolute atomic E-state index is 12.9. The lowest BCUT2D eigenvalue weighted by molar-refractivity contribution is -0.124. The summed E-state index contributed by atoms with van der Waals surface area (Å²) in [7, 11) is 0. The first-order valence-electron chi connectivity index (χ1n) is 8.52. The first kappa shape index (κ1) is 15.3. The van der Waals surface area contributed by atoms with E-state index >= 15 is 0 Å². The smallest absolute Gasteiger partial charge is 0.163 e. The second kappa shape index (κ2) is 5.57. The number of allylic oxidation sites excluding steroid dienone is 1. The monoisotopic (exact) mass is 297 g/mol. The zero-order valence-electron chi connectivity index (χ0n) is 14.0. The van der Waals surface area contributed by atoms with Gasteiger partial charge in [-0.25, -0.2) is 0 Å². The highest BCUT2D eigenvalue weighted by atomic mass is 16.1. The van der Waals surface area contributed by atoms with Gasteiger partial charge in [-0.2, -0.15) is 0 Å². The summed E-state index contributed by atoms with van der Waals surface area (Å²) in [5, 5.41) is 3.58. The number of hydrogen-bond acceptors (Lipinski definition) is 2. The maximum Gasteiger partial charge on any atom is 0.163 e. The van der Waals surface area contributed by atoms with E-state index in [1.54, 1.807) is 0 Å². The van der Waals surface area contributed by atoms with Crippen LogP contribution in [0.3, 0.4) is 0 Å². The molecule has 2 nitrogen and oxygen atoms in total. The van der Waals surface area contributed by atoms with E-state index in [-0.39, 0.29) is 11.0 Å². The second-order valence-electron chi connectivity index (χ2n) is 7.89. The van der Waals surface area contributed by atoms with Crippen LogP contribution in [0.4, 0.5) is 0 Å². The molecule has 1 N–H and O–H groups in total. The molecule has 0 radical (unpaired) electrons. The third-order valence-electron chi connectivity index (χ3n) is 5.24. The van der Waals surface area contributed by atoms with Crippen LogP contribution in [0.15, 0.2) is 30.3 Å². The molecule has 0 amide bonds. The number of nitrogens with one attached hydrogen (secondary N) is 1. The van der Waals surface area contributed by atoms with Crippen LogP contribution in [0.5, 0.6) is 0 Å². The van der Waals surface area contributed by atoms with Gasteiger partial charge in [0.2, 0.25) is 0 Å². The van der Waals surface area contributed by atoms with Gasteiger partial charge in [0, 0.05) is 28.3 Å². The summed E-state index contributed by atoms with van der Waals surface area (Å²) in [5.41, 5.74) is 3.36. The molecule has 0 aromatic heterocycles. The molecule has 0 saturated heterocycles. The van der Waals surface area contributed by atoms with Crippen molar-refractivity contribution in [2.75, 3.05) is 0 Å². The fraction of sp³-hybridized carbons (Fsp3) is 0.550. The quantitative estimate of drug-likeness (QED) is 0.815. The molecule has 3 rings (SSSR count). The fourth-order valence-corrected chi connectivity index (χ4v) is 3.89. The summed E-state index contributed by atoms with van der Waals surface area (Å²) in [4.78, 5) is 12.9. The number of rotatable bonds is 2. The highest BCUT2D eigenvalue weighted by Gasteiger charge is 2.34. The van der Waals surface area contributed by atoms with Crippen LogP contribution in [-0.4, -0.2) is 11.3 Å². The Morgan fingerprint density at radius 3 is 2.50 bits per heavy atom. The predicted molar refractivity (Wildman–Crippen MR) is 91.5 cm³/mol. The fourth-order valence-electron chi connectivity index (χ4n) is 3.89. The van der Waals surface area contributed by atoms with Crippen molar-refractivity contribution in [3.05, 3.63) is 41.5 Å². The molecule has 0 spiro atoms. The molecule has 1 fully saturated rings. The summed E-state index contributed by atoms with van der Waals surface area (Å²) >= 11 is 0. The summed E-state index contributed by atoms with van der Waals surface area (Å²) < 4.78 is 0. The van der Waals surface area contributed by atoms with E-state index in [0.717, 1.165) is 25.0 Å². The van der Waals surface area contributed by atoms with Gasteiger partial charge >= 0.3 is 0 Å². The number of fused-ring (bicyclic) bond motifs is 1. The normalized spacial score (nSPS) is 24.4. The van der Waals surface area contributed by atoms with Crippen LogP contribution in [0.25, 0.3) is 5.70 Å². The first-order chi connectivity index (χ1) is 10.4. The Kier molecular flexibility index (Phi) is 3.88. The van der Waals surface area contributed by atoms with Crippen molar-refractivity contribution in [1.82, 2.24) is 5.32 Å². The lowest BCUT2D eigenvalue weighted by atomic mass is 9.72. The van der Waals surface area contributed by atoms with Gasteiger partial charge in [0.05, 0.1) is 0 Å². The molecule has 118 valence electrons. The summed E-state index contributed by atoms with van der Waals surface area (Å²) in [5.74, 6) is 0.294. The topological polar surface area (TPSA) is 29.1 Å². The highest BCUT2D eigenvalue weighted by molar-refractivity contribution is 6.00. The number of ketones is 1. The molecule has 1 saturated carbocycles. The Hall–Kier alpha value is -1.57. The van der Waals surface area contributed by atoms with Crippen molar-refractivity contribution in [1.29, 1.82) is 0 Å². The van der Waals surface area contributed by atoms with E-state index < -0.39 is 0 Å². The Morgan fingerprint density at radius 2 is 1.77 bits per heavy atom. The Balaban J connectivity index is 1.94. The van der Waals surface area contributed by atoms with Gasteiger partial charge in [0.15, 0.2) is 5.78 Å². The average Bonchev–Trinajstić information content (AvgIpc) is 2.47. The zero-order chi connectivity index (χ0) is 15.8. The largest absolute Gasteiger partial charge is 0.379 e. The van der Waals surface area contributed by atoms with Gasteiger partial charge in [-0.3, -0.25) is 4.79 Å². The molecule has 1 aromatic carbocycles. The summed E-state index contributed by atoms with van der Waals surface area (Å²) in [6.45, 7) is 6.54. The van der Waals surface area contributed by atoms with Gasteiger partial charge < -0.3 is 5.32 Å². The van der Waals surface area contributed by atoms with Crippen molar-refractivity contribution >= 4 is 11.5 Å². The molecule has 1 aliphatic carbocycles. The molecular formula is C20H27NO. The average molecular weight is 297 g/mol. The van der Waals surface area contributed by atoms with Crippen LogP contribution in [0.1, 0.15) is 64.0 Å². The molecule has 0 atom stereocenters. The minimum Gasteiger partial charge on any atom is -0.379 e. The van der Waals surface area contributed by atoms with Crippen molar-refractivity contribution in [2.24, 2.45) is 5.41 Å². The SMILES string of the molecule is CC1(C)Cc2ccccc2/C(=C/C(=O)C2(C)CCCCC2)N1. The van der Waals surface area contributed by atoms with Crippen molar-refractivity contribution < 1.29 is 4.79 Å². The number of carbonyl (C=O) groups excluding carboxylic acids is 1. The number of benzene rings is 1. The van der Waals surface area contributed by atoms with Crippen LogP contribution in [-0.2, 0) is 11.2 Å². The zero-order valence-corrected chi connectivity index (χ0v) is 14.0. The van der Waals surface area contributed by atoms with Gasteiger partial charge in [0.1, 0.15) is 0 Å². The molecule has 22 heavy (non-hydrogen) atoms. The summed E-state index contributed by atoms with van der Waals surface area (Å²) in [6.07, 6.45) is 8.56. The third-order valence-corrected chi connectivity index (χ3v) is 5.24. The highest BCUT2D eigenvalue weighted by Crippen LogP contribution is 2.38. The van der Waals surface area contributed by atoms with E-state index in [2.05, 4.69) is 50.4 Å².